The van der Waals surface area contributed by atoms with Crippen LogP contribution < -0.4 is 10.6 Å². The summed E-state index contributed by atoms with van der Waals surface area (Å²) < 4.78 is 0. The van der Waals surface area contributed by atoms with E-state index < -0.39 is 6.04 Å². The summed E-state index contributed by atoms with van der Waals surface area (Å²) in [7, 11) is 0. The molecule has 3 rings (SSSR count). The Balaban J connectivity index is 1.75. The van der Waals surface area contributed by atoms with Crippen molar-refractivity contribution >= 4 is 23.2 Å². The molecule has 1 atom stereocenters. The summed E-state index contributed by atoms with van der Waals surface area (Å²) in [6.45, 7) is 0.606. The van der Waals surface area contributed by atoms with E-state index in [0.717, 1.165) is 16.8 Å². The van der Waals surface area contributed by atoms with Crippen molar-refractivity contribution in [3.8, 4) is 0 Å². The van der Waals surface area contributed by atoms with Crippen molar-refractivity contribution < 1.29 is 4.79 Å². The lowest BCUT2D eigenvalue weighted by molar-refractivity contribution is -0.118. The Kier molecular flexibility index (Phi) is 5.83. The highest BCUT2D eigenvalue weighted by molar-refractivity contribution is 6.30. The molecule has 0 fully saturated rings. The Labute approximate surface area is 152 Å². The maximum atomic E-state index is 12.8. The third-order valence-electron chi connectivity index (χ3n) is 3.86. The molecule has 0 aromatic heterocycles. The van der Waals surface area contributed by atoms with E-state index in [4.69, 9.17) is 11.6 Å². The molecule has 0 radical (unpaired) electrons. The van der Waals surface area contributed by atoms with Gasteiger partial charge in [0.05, 0.1) is 0 Å². The Morgan fingerprint density at radius 3 is 2.08 bits per heavy atom. The Morgan fingerprint density at radius 1 is 0.840 bits per heavy atom. The predicted molar refractivity (Wildman–Crippen MR) is 103 cm³/mol. The maximum absolute atomic E-state index is 12.8. The zero-order valence-electron chi connectivity index (χ0n) is 13.7. The molecule has 0 saturated heterocycles. The first-order valence-electron chi connectivity index (χ1n) is 8.11. The van der Waals surface area contributed by atoms with E-state index in [0.29, 0.717) is 11.6 Å². The third kappa shape index (κ3) is 4.92. The summed E-state index contributed by atoms with van der Waals surface area (Å²) >= 11 is 5.90. The summed E-state index contributed by atoms with van der Waals surface area (Å²) in [5.41, 5.74) is 2.77. The molecular weight excluding hydrogens is 332 g/mol. The molecule has 0 aliphatic heterocycles. The minimum absolute atomic E-state index is 0.107. The van der Waals surface area contributed by atoms with Crippen LogP contribution >= 0.6 is 11.6 Å². The summed E-state index contributed by atoms with van der Waals surface area (Å²) in [6.07, 6.45) is 0. The first-order chi connectivity index (χ1) is 12.2. The number of amides is 1. The zero-order chi connectivity index (χ0) is 17.5. The number of benzene rings is 3. The van der Waals surface area contributed by atoms with E-state index >= 15 is 0 Å². The van der Waals surface area contributed by atoms with Crippen molar-refractivity contribution in [1.82, 2.24) is 5.32 Å². The van der Waals surface area contributed by atoms with Gasteiger partial charge in [0.2, 0.25) is 5.91 Å². The number of hydrogen-bond donors (Lipinski definition) is 2. The molecule has 0 aliphatic carbocycles. The smallest absolute Gasteiger partial charge is 0.246 e. The van der Waals surface area contributed by atoms with E-state index in [1.165, 1.54) is 0 Å². The summed E-state index contributed by atoms with van der Waals surface area (Å²) in [6, 6.07) is 26.4. The quantitative estimate of drug-likeness (QED) is 0.669. The monoisotopic (exact) mass is 350 g/mol. The number of halogens is 1. The lowest BCUT2D eigenvalue weighted by Gasteiger charge is -2.19. The molecule has 0 spiro atoms. The van der Waals surface area contributed by atoms with Gasteiger partial charge in [-0.15, -0.1) is 0 Å². The number of rotatable bonds is 6. The van der Waals surface area contributed by atoms with Gasteiger partial charge in [0.25, 0.3) is 0 Å². The van der Waals surface area contributed by atoms with Crippen molar-refractivity contribution in [3.05, 3.63) is 101 Å². The van der Waals surface area contributed by atoms with E-state index in [1.54, 1.807) is 24.3 Å². The average Bonchev–Trinajstić information content (AvgIpc) is 2.65. The van der Waals surface area contributed by atoms with Gasteiger partial charge in [-0.25, -0.2) is 0 Å². The first-order valence-corrected chi connectivity index (χ1v) is 8.49. The highest BCUT2D eigenvalue weighted by atomic mass is 35.5. The minimum Gasteiger partial charge on any atom is -0.324 e. The SMILES string of the molecule is O=C(Nc1ccc(Cl)cc1)C(NCc1ccccc1)c1ccccc1. The molecular formula is C21H19ClN2O. The summed E-state index contributed by atoms with van der Waals surface area (Å²) in [5, 5.41) is 6.93. The van der Waals surface area contributed by atoms with Crippen LogP contribution in [0.4, 0.5) is 5.69 Å². The lowest BCUT2D eigenvalue weighted by atomic mass is 10.1. The molecule has 126 valence electrons. The molecule has 0 aliphatic rings. The molecule has 0 bridgehead atoms. The molecule has 25 heavy (non-hydrogen) atoms. The number of carbonyl (C=O) groups excluding carboxylic acids is 1. The first kappa shape index (κ1) is 17.2. The van der Waals surface area contributed by atoms with Crippen molar-refractivity contribution in [2.24, 2.45) is 0 Å². The van der Waals surface area contributed by atoms with E-state index in [9.17, 15) is 4.79 Å². The van der Waals surface area contributed by atoms with Crippen LogP contribution in [0.5, 0.6) is 0 Å². The van der Waals surface area contributed by atoms with Gasteiger partial charge >= 0.3 is 0 Å². The van der Waals surface area contributed by atoms with Gasteiger partial charge in [-0.05, 0) is 35.4 Å². The molecule has 3 nitrogen and oxygen atoms in total. The molecule has 1 unspecified atom stereocenters. The lowest BCUT2D eigenvalue weighted by Crippen LogP contribution is -2.32. The Morgan fingerprint density at radius 2 is 1.44 bits per heavy atom. The zero-order valence-corrected chi connectivity index (χ0v) is 14.4. The van der Waals surface area contributed by atoms with Crippen LogP contribution in [0.3, 0.4) is 0 Å². The number of nitrogens with one attached hydrogen (secondary N) is 2. The third-order valence-corrected chi connectivity index (χ3v) is 4.11. The highest BCUT2D eigenvalue weighted by Crippen LogP contribution is 2.18. The summed E-state index contributed by atoms with van der Waals surface area (Å²) in [4.78, 5) is 12.8. The standard InChI is InChI=1S/C21H19ClN2O/c22-18-11-13-19(14-12-18)24-21(25)20(17-9-5-2-6-10-17)23-15-16-7-3-1-4-8-16/h1-14,20,23H,15H2,(H,24,25). The molecule has 3 aromatic carbocycles. The van der Waals surface area contributed by atoms with Crippen molar-refractivity contribution in [2.75, 3.05) is 5.32 Å². The topological polar surface area (TPSA) is 41.1 Å². The Hall–Kier alpha value is -2.62. The highest BCUT2D eigenvalue weighted by Gasteiger charge is 2.20. The number of hydrogen-bond acceptors (Lipinski definition) is 2. The normalized spacial score (nSPS) is 11.7. The number of anilines is 1. The molecule has 0 heterocycles. The average molecular weight is 351 g/mol. The fraction of sp³-hybridized carbons (Fsp3) is 0.0952. The largest absolute Gasteiger partial charge is 0.324 e. The van der Waals surface area contributed by atoms with E-state index in [-0.39, 0.29) is 5.91 Å². The molecule has 2 N–H and O–H groups in total. The fourth-order valence-corrected chi connectivity index (χ4v) is 2.70. The van der Waals surface area contributed by atoms with Gasteiger partial charge in [-0.3, -0.25) is 10.1 Å². The van der Waals surface area contributed by atoms with Gasteiger partial charge in [-0.1, -0.05) is 72.3 Å². The molecule has 4 heteroatoms. The second kappa shape index (κ2) is 8.47. The van der Waals surface area contributed by atoms with Gasteiger partial charge in [0.1, 0.15) is 6.04 Å². The van der Waals surface area contributed by atoms with Gasteiger partial charge in [0.15, 0.2) is 0 Å². The van der Waals surface area contributed by atoms with Crippen LogP contribution in [-0.2, 0) is 11.3 Å². The van der Waals surface area contributed by atoms with Gasteiger partial charge in [0, 0.05) is 17.3 Å². The fourth-order valence-electron chi connectivity index (χ4n) is 2.57. The number of carbonyl (C=O) groups is 1. The minimum atomic E-state index is -0.447. The van der Waals surface area contributed by atoms with Crippen LogP contribution in [0.15, 0.2) is 84.9 Å². The van der Waals surface area contributed by atoms with E-state index in [1.807, 2.05) is 60.7 Å². The molecule has 3 aromatic rings. The Bertz CT molecular complexity index is 804. The van der Waals surface area contributed by atoms with Crippen LogP contribution in [0.2, 0.25) is 5.02 Å². The van der Waals surface area contributed by atoms with Crippen molar-refractivity contribution in [2.45, 2.75) is 12.6 Å². The van der Waals surface area contributed by atoms with E-state index in [2.05, 4.69) is 10.6 Å². The second-order valence-corrected chi connectivity index (χ2v) is 6.14. The molecule has 1 amide bonds. The summed E-state index contributed by atoms with van der Waals surface area (Å²) in [5.74, 6) is -0.107. The van der Waals surface area contributed by atoms with Crippen LogP contribution in [0, 0.1) is 0 Å². The molecule has 0 saturated carbocycles. The maximum Gasteiger partial charge on any atom is 0.246 e. The van der Waals surface area contributed by atoms with Crippen molar-refractivity contribution in [3.63, 3.8) is 0 Å². The van der Waals surface area contributed by atoms with Gasteiger partial charge in [-0.2, -0.15) is 0 Å². The van der Waals surface area contributed by atoms with Crippen LogP contribution in [-0.4, -0.2) is 5.91 Å². The predicted octanol–water partition coefficient (Wildman–Crippen LogP) is 4.81. The van der Waals surface area contributed by atoms with Crippen LogP contribution in [0.25, 0.3) is 0 Å². The van der Waals surface area contributed by atoms with Crippen LogP contribution in [0.1, 0.15) is 17.2 Å². The second-order valence-electron chi connectivity index (χ2n) is 5.71. The van der Waals surface area contributed by atoms with Crippen molar-refractivity contribution in [1.29, 1.82) is 0 Å². The van der Waals surface area contributed by atoms with Gasteiger partial charge < -0.3 is 5.32 Å².